The lowest BCUT2D eigenvalue weighted by molar-refractivity contribution is -0.377. The van der Waals surface area contributed by atoms with Crippen LogP contribution in [0.3, 0.4) is 0 Å². The molecule has 0 saturated heterocycles. The van der Waals surface area contributed by atoms with Gasteiger partial charge in [-0.15, -0.1) is 12.6 Å². The van der Waals surface area contributed by atoms with Crippen LogP contribution in [0.25, 0.3) is 11.3 Å². The molecule has 0 aromatic heterocycles. The van der Waals surface area contributed by atoms with Crippen LogP contribution < -0.4 is 10.4 Å². The first-order valence-corrected chi connectivity index (χ1v) is 5.72. The van der Waals surface area contributed by atoms with Crippen molar-refractivity contribution >= 4 is 29.7 Å². The van der Waals surface area contributed by atoms with Crippen molar-refractivity contribution in [3.8, 4) is 0 Å². The van der Waals surface area contributed by atoms with Gasteiger partial charge < -0.3 is 15.5 Å². The van der Waals surface area contributed by atoms with Gasteiger partial charge in [0, 0.05) is 16.9 Å². The molecule has 0 spiro atoms. The van der Waals surface area contributed by atoms with E-state index in [2.05, 4.69) is 12.6 Å². The Morgan fingerprint density at radius 3 is 2.39 bits per heavy atom. The Labute approximate surface area is 108 Å². The highest BCUT2D eigenvalue weighted by Gasteiger charge is 2.25. The zero-order valence-electron chi connectivity index (χ0n) is 9.12. The second-order valence-electron chi connectivity index (χ2n) is 4.04. The largest absolute Gasteiger partial charge is 0.612 e. The van der Waals surface area contributed by atoms with Gasteiger partial charge in [-0.25, -0.2) is 0 Å². The third-order valence-corrected chi connectivity index (χ3v) is 3.40. The molecule has 0 fully saturated rings. The fourth-order valence-corrected chi connectivity index (χ4v) is 2.49. The fraction of sp³-hybridized carbons (Fsp3) is 0. The summed E-state index contributed by atoms with van der Waals surface area (Å²) in [6.45, 7) is 0. The predicted molar refractivity (Wildman–Crippen MR) is 72.3 cm³/mol. The topological polar surface area (TPSA) is 69.4 Å². The summed E-state index contributed by atoms with van der Waals surface area (Å²) in [7, 11) is 0. The molecule has 90 valence electrons. The first kappa shape index (κ1) is 11.0. The Kier molecular flexibility index (Phi) is 2.24. The number of benzene rings is 1. The zero-order valence-corrected chi connectivity index (χ0v) is 10.0. The molecule has 4 nitrogen and oxygen atoms in total. The van der Waals surface area contributed by atoms with E-state index in [0.29, 0.717) is 15.7 Å². The van der Waals surface area contributed by atoms with Crippen LogP contribution in [0.5, 0.6) is 0 Å². The van der Waals surface area contributed by atoms with Crippen LogP contribution in [0.15, 0.2) is 46.9 Å². The fourth-order valence-electron chi connectivity index (χ4n) is 2.21. The first-order valence-electron chi connectivity index (χ1n) is 5.27. The van der Waals surface area contributed by atoms with Crippen molar-refractivity contribution in [2.75, 3.05) is 0 Å². The lowest BCUT2D eigenvalue weighted by Gasteiger charge is -2.14. The third kappa shape index (κ3) is 1.37. The number of hydrogen-bond donors (Lipinski definition) is 2. The third-order valence-electron chi connectivity index (χ3n) is 3.04. The van der Waals surface area contributed by atoms with Crippen LogP contribution in [0.4, 0.5) is 0 Å². The van der Waals surface area contributed by atoms with Gasteiger partial charge in [0.1, 0.15) is 5.76 Å². The Morgan fingerprint density at radius 1 is 1.06 bits per heavy atom. The molecule has 0 bridgehead atoms. The van der Waals surface area contributed by atoms with Gasteiger partial charge in [0.05, 0.1) is 4.91 Å². The summed E-state index contributed by atoms with van der Waals surface area (Å²) in [5, 5.41) is 33.4. The number of aliphatic hydroxyl groups is 1. The van der Waals surface area contributed by atoms with Crippen LogP contribution >= 0.6 is 12.6 Å². The Morgan fingerprint density at radius 2 is 1.72 bits per heavy atom. The van der Waals surface area contributed by atoms with Gasteiger partial charge in [-0.3, -0.25) is 0 Å². The van der Waals surface area contributed by atoms with Crippen LogP contribution in [0, 0.1) is 10.4 Å². The Bertz CT molecular complexity index is 768. The van der Waals surface area contributed by atoms with Gasteiger partial charge in [-0.05, 0) is 16.9 Å². The second-order valence-corrected chi connectivity index (χ2v) is 4.52. The molecule has 5 heteroatoms. The molecule has 2 aliphatic carbocycles. The molecule has 18 heavy (non-hydrogen) atoms. The van der Waals surface area contributed by atoms with Crippen molar-refractivity contribution < 1.29 is 10.0 Å². The molecule has 0 atom stereocenters. The van der Waals surface area contributed by atoms with Gasteiger partial charge in [-0.1, -0.05) is 24.3 Å². The monoisotopic (exact) mass is 258 g/mol. The number of rotatable bonds is 0. The van der Waals surface area contributed by atoms with E-state index in [1.807, 2.05) is 18.2 Å². The van der Waals surface area contributed by atoms with Crippen LogP contribution in [-0.2, 0) is 0 Å². The summed E-state index contributed by atoms with van der Waals surface area (Å²) >= 11 is 4.12. The predicted octanol–water partition coefficient (Wildman–Crippen LogP) is 0.720. The van der Waals surface area contributed by atoms with Crippen LogP contribution in [-0.4, -0.2) is 15.7 Å². The maximum Gasteiger partial charge on any atom is 0.236 e. The Balaban J connectivity index is 2.42. The van der Waals surface area contributed by atoms with Crippen molar-refractivity contribution in [2.45, 2.75) is 0 Å². The number of thiol groups is 1. The highest BCUT2D eigenvalue weighted by atomic mass is 32.1. The summed E-state index contributed by atoms with van der Waals surface area (Å²) < 4.78 is 0. The second kappa shape index (κ2) is 3.68. The van der Waals surface area contributed by atoms with Crippen LogP contribution in [0.2, 0.25) is 0 Å². The van der Waals surface area contributed by atoms with E-state index in [0.717, 1.165) is 10.8 Å². The molecule has 0 aliphatic heterocycles. The molecular weight excluding hydrogens is 250 g/mol. The average Bonchev–Trinajstić information content (AvgIpc) is 2.62. The molecule has 1 aromatic carbocycles. The molecule has 1 N–H and O–H groups in total. The summed E-state index contributed by atoms with van der Waals surface area (Å²) in [6, 6.07) is 7.34. The molecule has 0 unspecified atom stereocenters. The minimum atomic E-state index is -0.501. The van der Waals surface area contributed by atoms with E-state index in [9.17, 15) is 15.5 Å². The van der Waals surface area contributed by atoms with E-state index >= 15 is 0 Å². The number of aliphatic hydroxyl groups excluding tert-OH is 1. The molecule has 1 aromatic rings. The molecule has 0 amide bonds. The Hall–Kier alpha value is -2.14. The SMILES string of the molecule is [O-][N+]([O-])=C1C=C2C(O)=c3ccccc3=C2C=C1S. The highest BCUT2D eigenvalue weighted by Crippen LogP contribution is 2.29. The van der Waals surface area contributed by atoms with E-state index in [1.54, 1.807) is 12.1 Å². The van der Waals surface area contributed by atoms with E-state index in [-0.39, 0.29) is 11.5 Å². The van der Waals surface area contributed by atoms with Crippen LogP contribution in [0.1, 0.15) is 0 Å². The summed E-state index contributed by atoms with van der Waals surface area (Å²) in [6.07, 6.45) is 2.99. The lowest BCUT2D eigenvalue weighted by atomic mass is 9.99. The zero-order chi connectivity index (χ0) is 12.9. The van der Waals surface area contributed by atoms with E-state index < -0.39 is 4.90 Å². The minimum Gasteiger partial charge on any atom is -0.612 e. The average molecular weight is 258 g/mol. The van der Waals surface area contributed by atoms with Gasteiger partial charge in [-0.2, -0.15) is 4.90 Å². The molecule has 0 saturated carbocycles. The quantitative estimate of drug-likeness (QED) is 0.409. The van der Waals surface area contributed by atoms with Crippen molar-refractivity contribution in [1.82, 2.24) is 0 Å². The van der Waals surface area contributed by atoms with E-state index in [4.69, 9.17) is 0 Å². The van der Waals surface area contributed by atoms with Gasteiger partial charge in [0.25, 0.3) is 0 Å². The van der Waals surface area contributed by atoms with Crippen molar-refractivity contribution in [2.24, 2.45) is 0 Å². The first-order chi connectivity index (χ1) is 8.59. The minimum absolute atomic E-state index is 0.0806. The van der Waals surface area contributed by atoms with E-state index in [1.165, 1.54) is 6.08 Å². The molecule has 2 aliphatic rings. The maximum atomic E-state index is 10.9. The summed E-state index contributed by atoms with van der Waals surface area (Å²) in [4.78, 5) is -0.206. The maximum absolute atomic E-state index is 10.9. The van der Waals surface area contributed by atoms with Crippen molar-refractivity contribution in [1.29, 1.82) is 0 Å². The summed E-state index contributed by atoms with van der Waals surface area (Å²) in [5.41, 5.74) is 1.16. The molecular formula is C13H8NO3S-. The molecule has 0 radical (unpaired) electrons. The standard InChI is InChI=1S/C13H8NO3S/c15-13-8-4-2-1-3-7(8)9-6-12(18)11(14(16)17)5-10(9)13/h1-6H,(H2-,15,16,17,18)/q-1. The number of hydrogen-bond acceptors (Lipinski definition) is 4. The molecule has 3 rings (SSSR count). The number of fused-ring (bicyclic) bond motifs is 2. The highest BCUT2D eigenvalue weighted by molar-refractivity contribution is 7.85. The number of nitrogens with zero attached hydrogens (tertiary/aromatic N) is 1. The van der Waals surface area contributed by atoms with Crippen molar-refractivity contribution in [3.05, 3.63) is 67.7 Å². The van der Waals surface area contributed by atoms with Crippen molar-refractivity contribution in [3.63, 3.8) is 0 Å². The van der Waals surface area contributed by atoms with Gasteiger partial charge in [0.15, 0.2) is 0 Å². The van der Waals surface area contributed by atoms with Gasteiger partial charge in [0.2, 0.25) is 5.71 Å². The molecule has 0 heterocycles. The van der Waals surface area contributed by atoms with Gasteiger partial charge >= 0.3 is 0 Å². The smallest absolute Gasteiger partial charge is 0.236 e. The normalized spacial score (nSPS) is 17.1. The number of allylic oxidation sites excluding steroid dienone is 3. The lowest BCUT2D eigenvalue weighted by Crippen LogP contribution is -2.23. The summed E-state index contributed by atoms with van der Waals surface area (Å²) in [5.74, 6) is 0.0806.